The molecule has 0 unspecified atom stereocenters. The summed E-state index contributed by atoms with van der Waals surface area (Å²) < 4.78 is 7.45. The highest BCUT2D eigenvalue weighted by atomic mass is 35.5. The van der Waals surface area contributed by atoms with Crippen molar-refractivity contribution in [1.29, 1.82) is 0 Å². The summed E-state index contributed by atoms with van der Waals surface area (Å²) in [6.45, 7) is 1.79. The van der Waals surface area contributed by atoms with Crippen molar-refractivity contribution in [3.8, 4) is 22.7 Å². The monoisotopic (exact) mass is 625 g/mol. The van der Waals surface area contributed by atoms with Gasteiger partial charge in [-0.15, -0.1) is 0 Å². The van der Waals surface area contributed by atoms with E-state index in [1.54, 1.807) is 66.2 Å². The maximum absolute atomic E-state index is 13.8. The number of carbonyl (C=O) groups is 2. The normalized spacial score (nSPS) is 14.4. The molecule has 0 bridgehead atoms. The molecule has 1 atom stereocenters. The van der Waals surface area contributed by atoms with Gasteiger partial charge in [0.05, 0.1) is 16.4 Å². The first kappa shape index (κ1) is 30.0. The van der Waals surface area contributed by atoms with Crippen molar-refractivity contribution in [2.75, 3.05) is 0 Å². The van der Waals surface area contributed by atoms with E-state index >= 15 is 0 Å². The van der Waals surface area contributed by atoms with Crippen molar-refractivity contribution < 1.29 is 19.4 Å². The van der Waals surface area contributed by atoms with Gasteiger partial charge in [0.2, 0.25) is 0 Å². The van der Waals surface area contributed by atoms with E-state index in [-0.39, 0.29) is 24.0 Å². The number of phenols is 1. The molecule has 4 aromatic rings. The highest BCUT2D eigenvalue weighted by Crippen LogP contribution is 2.33. The molecule has 3 aromatic carbocycles. The molecule has 0 aliphatic heterocycles. The van der Waals surface area contributed by atoms with Crippen molar-refractivity contribution >= 4 is 46.7 Å². The quantitative estimate of drug-likeness (QED) is 0.195. The maximum Gasteiger partial charge on any atom is 0.329 e. The standard InChI is InChI=1S/C32H30Cl3N3O4/c1-19-29(37-38(28-16-13-23(34)18-26(28)35)30(19)21-9-11-22(33)12-10-21)31(40)36-27(17-20-7-14-24(39)15-8-20)32(41)42-25-5-3-2-4-6-25/h7-16,18,25,27,39H,2-6,17H2,1H3,(H,36,40)/t27-/m0/s1. The molecule has 2 N–H and O–H groups in total. The first-order valence-corrected chi connectivity index (χ1v) is 14.9. The van der Waals surface area contributed by atoms with Crippen LogP contribution in [0.1, 0.15) is 53.7 Å². The predicted molar refractivity (Wildman–Crippen MR) is 165 cm³/mol. The Balaban J connectivity index is 1.50. The highest BCUT2D eigenvalue weighted by Gasteiger charge is 2.30. The van der Waals surface area contributed by atoms with Gasteiger partial charge in [0, 0.05) is 27.6 Å². The predicted octanol–water partition coefficient (Wildman–Crippen LogP) is 7.73. The van der Waals surface area contributed by atoms with E-state index < -0.39 is 17.9 Å². The third-order valence-electron chi connectivity index (χ3n) is 7.39. The van der Waals surface area contributed by atoms with Gasteiger partial charge in [0.25, 0.3) is 5.91 Å². The Labute approximate surface area is 259 Å². The number of hydrogen-bond donors (Lipinski definition) is 2. The molecule has 0 spiro atoms. The summed E-state index contributed by atoms with van der Waals surface area (Å²) >= 11 is 18.9. The summed E-state index contributed by atoms with van der Waals surface area (Å²) in [4.78, 5) is 27.2. The van der Waals surface area contributed by atoms with E-state index in [2.05, 4.69) is 10.4 Å². The third-order valence-corrected chi connectivity index (χ3v) is 8.18. The summed E-state index contributed by atoms with van der Waals surface area (Å²) in [5, 5.41) is 18.6. The van der Waals surface area contributed by atoms with Crippen LogP contribution in [-0.4, -0.2) is 38.9 Å². The minimum Gasteiger partial charge on any atom is -0.508 e. The van der Waals surface area contributed by atoms with Crippen LogP contribution in [0.25, 0.3) is 16.9 Å². The molecule has 1 aliphatic carbocycles. The topological polar surface area (TPSA) is 93.5 Å². The van der Waals surface area contributed by atoms with Gasteiger partial charge < -0.3 is 15.2 Å². The molecule has 218 valence electrons. The molecule has 1 aliphatic rings. The van der Waals surface area contributed by atoms with Crippen LogP contribution < -0.4 is 5.32 Å². The molecule has 1 heterocycles. The van der Waals surface area contributed by atoms with Crippen LogP contribution in [0.2, 0.25) is 15.1 Å². The van der Waals surface area contributed by atoms with Crippen molar-refractivity contribution in [1.82, 2.24) is 15.1 Å². The summed E-state index contributed by atoms with van der Waals surface area (Å²) in [7, 11) is 0. The summed E-state index contributed by atoms with van der Waals surface area (Å²) in [6, 6.07) is 17.8. The van der Waals surface area contributed by atoms with E-state index in [1.165, 1.54) is 0 Å². The molecule has 42 heavy (non-hydrogen) atoms. The van der Waals surface area contributed by atoms with Gasteiger partial charge >= 0.3 is 5.97 Å². The average Bonchev–Trinajstić information content (AvgIpc) is 3.31. The van der Waals surface area contributed by atoms with Gasteiger partial charge in [0.15, 0.2) is 5.69 Å². The number of hydrogen-bond acceptors (Lipinski definition) is 5. The fourth-order valence-electron chi connectivity index (χ4n) is 5.20. The number of nitrogens with zero attached hydrogens (tertiary/aromatic N) is 2. The molecule has 1 saturated carbocycles. The SMILES string of the molecule is Cc1c(C(=O)N[C@@H](Cc2ccc(O)cc2)C(=O)OC2CCCCC2)nn(-c2ccc(Cl)cc2Cl)c1-c1ccc(Cl)cc1. The van der Waals surface area contributed by atoms with E-state index in [9.17, 15) is 14.7 Å². The van der Waals surface area contributed by atoms with Gasteiger partial charge in [-0.3, -0.25) is 4.79 Å². The number of halogens is 3. The fourth-order valence-corrected chi connectivity index (χ4v) is 5.82. The summed E-state index contributed by atoms with van der Waals surface area (Å²) in [5.74, 6) is -0.920. The lowest BCUT2D eigenvalue weighted by Gasteiger charge is -2.25. The van der Waals surface area contributed by atoms with Crippen LogP contribution in [0.3, 0.4) is 0 Å². The molecule has 1 aromatic heterocycles. The van der Waals surface area contributed by atoms with Gasteiger partial charge in [-0.2, -0.15) is 5.10 Å². The molecular formula is C32H30Cl3N3O4. The number of carbonyl (C=O) groups excluding carboxylic acids is 2. The second kappa shape index (κ2) is 13.2. The van der Waals surface area contributed by atoms with E-state index in [0.29, 0.717) is 32.0 Å². The molecule has 1 fully saturated rings. The number of benzene rings is 3. The Morgan fingerprint density at radius 2 is 1.64 bits per heavy atom. The van der Waals surface area contributed by atoms with Crippen LogP contribution >= 0.6 is 34.8 Å². The molecular weight excluding hydrogens is 597 g/mol. The first-order chi connectivity index (χ1) is 20.2. The zero-order valence-electron chi connectivity index (χ0n) is 22.9. The lowest BCUT2D eigenvalue weighted by Crippen LogP contribution is -2.45. The molecule has 0 saturated heterocycles. The lowest BCUT2D eigenvalue weighted by molar-refractivity contribution is -0.152. The van der Waals surface area contributed by atoms with E-state index in [0.717, 1.165) is 43.2 Å². The van der Waals surface area contributed by atoms with Gasteiger partial charge in [0.1, 0.15) is 17.9 Å². The molecule has 7 nitrogen and oxygen atoms in total. The summed E-state index contributed by atoms with van der Waals surface area (Å²) in [5.41, 5.74) is 3.42. The Morgan fingerprint density at radius 3 is 2.31 bits per heavy atom. The average molecular weight is 627 g/mol. The molecule has 0 radical (unpaired) electrons. The number of aromatic hydroxyl groups is 1. The van der Waals surface area contributed by atoms with Crippen LogP contribution in [-0.2, 0) is 16.0 Å². The Kier molecular flexibility index (Phi) is 9.41. The zero-order chi connectivity index (χ0) is 29.8. The van der Waals surface area contributed by atoms with Crippen LogP contribution in [0.5, 0.6) is 5.75 Å². The first-order valence-electron chi connectivity index (χ1n) is 13.8. The van der Waals surface area contributed by atoms with Crippen molar-refractivity contribution in [2.45, 2.75) is 57.6 Å². The van der Waals surface area contributed by atoms with Crippen LogP contribution in [0, 0.1) is 6.92 Å². The largest absolute Gasteiger partial charge is 0.508 e. The second-order valence-corrected chi connectivity index (χ2v) is 11.7. The van der Waals surface area contributed by atoms with Crippen molar-refractivity contribution in [3.05, 3.63) is 98.6 Å². The zero-order valence-corrected chi connectivity index (χ0v) is 25.2. The van der Waals surface area contributed by atoms with Crippen LogP contribution in [0.15, 0.2) is 66.7 Å². The lowest BCUT2D eigenvalue weighted by atomic mass is 9.97. The minimum absolute atomic E-state index is 0.112. The number of amides is 1. The Morgan fingerprint density at radius 1 is 0.976 bits per heavy atom. The Bertz CT molecular complexity index is 1580. The second-order valence-electron chi connectivity index (χ2n) is 10.4. The maximum atomic E-state index is 13.8. The number of esters is 1. The smallest absolute Gasteiger partial charge is 0.329 e. The van der Waals surface area contributed by atoms with E-state index in [1.807, 2.05) is 12.1 Å². The molecule has 5 rings (SSSR count). The number of rotatable bonds is 8. The highest BCUT2D eigenvalue weighted by molar-refractivity contribution is 6.35. The van der Waals surface area contributed by atoms with Gasteiger partial charge in [-0.1, -0.05) is 65.5 Å². The van der Waals surface area contributed by atoms with Gasteiger partial charge in [-0.05, 0) is 80.6 Å². The number of aromatic nitrogens is 2. The number of nitrogens with one attached hydrogen (secondary N) is 1. The number of phenolic OH excluding ortho intramolecular Hbond substituents is 1. The summed E-state index contributed by atoms with van der Waals surface area (Å²) in [6.07, 6.45) is 4.76. The number of ether oxygens (including phenoxy) is 1. The molecule has 10 heteroatoms. The Hall–Kier alpha value is -3.52. The van der Waals surface area contributed by atoms with E-state index in [4.69, 9.17) is 39.5 Å². The third kappa shape index (κ3) is 6.92. The van der Waals surface area contributed by atoms with Crippen molar-refractivity contribution in [2.24, 2.45) is 0 Å². The molecule has 1 amide bonds. The van der Waals surface area contributed by atoms with Gasteiger partial charge in [-0.25, -0.2) is 9.48 Å². The minimum atomic E-state index is -0.966. The fraction of sp³-hybridized carbons (Fsp3) is 0.281. The van der Waals surface area contributed by atoms with Crippen molar-refractivity contribution in [3.63, 3.8) is 0 Å². The van der Waals surface area contributed by atoms with Crippen LogP contribution in [0.4, 0.5) is 0 Å².